The molecule has 4 rings (SSSR count). The molecular weight excluding hydrogens is 330 g/mol. The number of rotatable bonds is 4. The third kappa shape index (κ3) is 3.51. The number of furan rings is 1. The highest BCUT2D eigenvalue weighted by atomic mass is 16.3. The maximum absolute atomic E-state index is 12.3. The zero-order valence-electron chi connectivity index (χ0n) is 14.2. The first-order chi connectivity index (χ1) is 12.8. The van der Waals surface area contributed by atoms with Crippen LogP contribution in [0.5, 0.6) is 0 Å². The van der Waals surface area contributed by atoms with Crippen molar-refractivity contribution in [2.75, 3.05) is 31.1 Å². The summed E-state index contributed by atoms with van der Waals surface area (Å²) in [6, 6.07) is 11.4. The summed E-state index contributed by atoms with van der Waals surface area (Å²) in [5, 5.41) is 8.60. The fourth-order valence-corrected chi connectivity index (χ4v) is 2.91. The monoisotopic (exact) mass is 349 g/mol. The van der Waals surface area contributed by atoms with E-state index in [1.807, 2.05) is 52.2 Å². The first-order valence-corrected chi connectivity index (χ1v) is 8.52. The Labute approximate surface area is 151 Å². The number of hydrogen-bond donors (Lipinski definition) is 0. The lowest BCUT2D eigenvalue weighted by atomic mass is 10.3. The molecule has 0 saturated carbocycles. The van der Waals surface area contributed by atoms with Crippen molar-refractivity contribution in [1.82, 2.24) is 19.7 Å². The van der Waals surface area contributed by atoms with Gasteiger partial charge < -0.3 is 18.8 Å². The molecule has 1 fully saturated rings. The zero-order chi connectivity index (χ0) is 17.8. The summed E-state index contributed by atoms with van der Waals surface area (Å²) >= 11 is 0. The van der Waals surface area contributed by atoms with Crippen molar-refractivity contribution in [2.45, 2.75) is 0 Å². The lowest BCUT2D eigenvalue weighted by molar-refractivity contribution is -0.126. The second-order valence-corrected chi connectivity index (χ2v) is 6.00. The largest absolute Gasteiger partial charge is 0.465 e. The minimum Gasteiger partial charge on any atom is -0.465 e. The molecule has 0 radical (unpaired) electrons. The molecule has 7 heteroatoms. The SMILES string of the molecule is O=C(C=Cc1ccco1)N1CCN(c2ccc(-n3cccc3)nn2)CC1. The molecule has 3 aromatic rings. The minimum atomic E-state index is -0.00455. The smallest absolute Gasteiger partial charge is 0.246 e. The zero-order valence-corrected chi connectivity index (χ0v) is 14.2. The Kier molecular flexibility index (Phi) is 4.51. The van der Waals surface area contributed by atoms with Crippen LogP contribution in [0.3, 0.4) is 0 Å². The fourth-order valence-electron chi connectivity index (χ4n) is 2.91. The first kappa shape index (κ1) is 16.1. The van der Waals surface area contributed by atoms with Gasteiger partial charge in [-0.05, 0) is 42.5 Å². The number of nitrogens with zero attached hydrogens (tertiary/aromatic N) is 5. The van der Waals surface area contributed by atoms with E-state index in [1.54, 1.807) is 24.5 Å². The van der Waals surface area contributed by atoms with Crippen molar-refractivity contribution in [3.63, 3.8) is 0 Å². The Morgan fingerprint density at radius 2 is 1.69 bits per heavy atom. The standard InChI is InChI=1S/C19H19N5O2/c25-19(8-5-16-4-3-15-26-16)24-13-11-23(12-14-24)18-7-6-17(20-21-18)22-9-1-2-10-22/h1-10,15H,11-14H2. The van der Waals surface area contributed by atoms with Crippen LogP contribution in [-0.2, 0) is 4.79 Å². The van der Waals surface area contributed by atoms with E-state index in [0.717, 1.165) is 24.7 Å². The second-order valence-electron chi connectivity index (χ2n) is 6.00. The Hall–Kier alpha value is -3.35. The van der Waals surface area contributed by atoms with Gasteiger partial charge in [-0.2, -0.15) is 0 Å². The van der Waals surface area contributed by atoms with Gasteiger partial charge in [-0.15, -0.1) is 10.2 Å². The quantitative estimate of drug-likeness (QED) is 0.676. The van der Waals surface area contributed by atoms with Crippen molar-refractivity contribution >= 4 is 17.8 Å². The predicted octanol–water partition coefficient (Wildman–Crippen LogP) is 2.22. The van der Waals surface area contributed by atoms with Gasteiger partial charge in [0.2, 0.25) is 5.91 Å². The molecule has 0 spiro atoms. The minimum absolute atomic E-state index is 0.00455. The Bertz CT molecular complexity index is 861. The molecular formula is C19H19N5O2. The normalized spacial score (nSPS) is 14.9. The highest BCUT2D eigenvalue weighted by Gasteiger charge is 2.20. The van der Waals surface area contributed by atoms with Gasteiger partial charge in [0.15, 0.2) is 11.6 Å². The van der Waals surface area contributed by atoms with Gasteiger partial charge >= 0.3 is 0 Å². The third-order valence-electron chi connectivity index (χ3n) is 4.35. The molecule has 0 aromatic carbocycles. The van der Waals surface area contributed by atoms with Crippen LogP contribution in [0.25, 0.3) is 11.9 Å². The van der Waals surface area contributed by atoms with E-state index in [9.17, 15) is 4.79 Å². The summed E-state index contributed by atoms with van der Waals surface area (Å²) in [6.07, 6.45) is 8.71. The first-order valence-electron chi connectivity index (χ1n) is 8.52. The van der Waals surface area contributed by atoms with Gasteiger partial charge in [-0.1, -0.05) is 0 Å². The van der Waals surface area contributed by atoms with E-state index in [4.69, 9.17) is 4.42 Å². The average Bonchev–Trinajstić information content (AvgIpc) is 3.40. The molecule has 1 amide bonds. The van der Waals surface area contributed by atoms with Crippen molar-refractivity contribution < 1.29 is 9.21 Å². The molecule has 1 aliphatic heterocycles. The van der Waals surface area contributed by atoms with Crippen molar-refractivity contribution in [1.29, 1.82) is 0 Å². The molecule has 0 aliphatic carbocycles. The van der Waals surface area contributed by atoms with Gasteiger partial charge in [-0.25, -0.2) is 0 Å². The molecule has 0 unspecified atom stereocenters. The van der Waals surface area contributed by atoms with Crippen LogP contribution < -0.4 is 4.90 Å². The van der Waals surface area contributed by atoms with Crippen LogP contribution in [0.4, 0.5) is 5.82 Å². The van der Waals surface area contributed by atoms with E-state index in [0.29, 0.717) is 18.8 Å². The van der Waals surface area contributed by atoms with E-state index in [2.05, 4.69) is 15.1 Å². The van der Waals surface area contributed by atoms with Crippen LogP contribution in [0, 0.1) is 0 Å². The van der Waals surface area contributed by atoms with Crippen LogP contribution in [0.2, 0.25) is 0 Å². The summed E-state index contributed by atoms with van der Waals surface area (Å²) < 4.78 is 7.12. The van der Waals surface area contributed by atoms with E-state index in [1.165, 1.54) is 0 Å². The van der Waals surface area contributed by atoms with Gasteiger partial charge in [-0.3, -0.25) is 4.79 Å². The molecule has 1 aliphatic rings. The Morgan fingerprint density at radius 3 is 2.35 bits per heavy atom. The number of hydrogen-bond acceptors (Lipinski definition) is 5. The van der Waals surface area contributed by atoms with Gasteiger partial charge in [0.1, 0.15) is 5.76 Å². The van der Waals surface area contributed by atoms with E-state index in [-0.39, 0.29) is 5.91 Å². The molecule has 7 nitrogen and oxygen atoms in total. The number of piperazine rings is 1. The summed E-state index contributed by atoms with van der Waals surface area (Å²) in [4.78, 5) is 16.2. The topological polar surface area (TPSA) is 67.4 Å². The van der Waals surface area contributed by atoms with Gasteiger partial charge in [0.05, 0.1) is 6.26 Å². The Morgan fingerprint density at radius 1 is 0.962 bits per heavy atom. The van der Waals surface area contributed by atoms with Crippen LogP contribution in [0.15, 0.2) is 65.5 Å². The molecule has 3 aromatic heterocycles. The summed E-state index contributed by atoms with van der Waals surface area (Å²) in [5.41, 5.74) is 0. The van der Waals surface area contributed by atoms with Gasteiger partial charge in [0.25, 0.3) is 0 Å². The number of amides is 1. The lowest BCUT2D eigenvalue weighted by Crippen LogP contribution is -2.48. The molecule has 4 heterocycles. The van der Waals surface area contributed by atoms with Crippen LogP contribution >= 0.6 is 0 Å². The number of carbonyl (C=O) groups is 1. The maximum atomic E-state index is 12.3. The molecule has 0 atom stereocenters. The molecule has 0 N–H and O–H groups in total. The van der Waals surface area contributed by atoms with Gasteiger partial charge in [0, 0.05) is 44.6 Å². The lowest BCUT2D eigenvalue weighted by Gasteiger charge is -2.34. The van der Waals surface area contributed by atoms with Crippen molar-refractivity contribution in [2.24, 2.45) is 0 Å². The molecule has 132 valence electrons. The van der Waals surface area contributed by atoms with E-state index < -0.39 is 0 Å². The van der Waals surface area contributed by atoms with Crippen molar-refractivity contribution in [3.05, 3.63) is 66.9 Å². The third-order valence-corrected chi connectivity index (χ3v) is 4.35. The fraction of sp³-hybridized carbons (Fsp3) is 0.211. The maximum Gasteiger partial charge on any atom is 0.246 e. The summed E-state index contributed by atoms with van der Waals surface area (Å²) in [7, 11) is 0. The number of aromatic nitrogens is 3. The van der Waals surface area contributed by atoms with E-state index >= 15 is 0 Å². The molecule has 1 saturated heterocycles. The van der Waals surface area contributed by atoms with Crippen LogP contribution in [0.1, 0.15) is 5.76 Å². The Balaban J connectivity index is 1.34. The number of anilines is 1. The highest BCUT2D eigenvalue weighted by molar-refractivity contribution is 5.91. The average molecular weight is 349 g/mol. The molecule has 26 heavy (non-hydrogen) atoms. The number of carbonyl (C=O) groups excluding carboxylic acids is 1. The van der Waals surface area contributed by atoms with Crippen LogP contribution in [-0.4, -0.2) is 51.8 Å². The summed E-state index contributed by atoms with van der Waals surface area (Å²) in [5.74, 6) is 2.29. The molecule has 0 bridgehead atoms. The second kappa shape index (κ2) is 7.26. The van der Waals surface area contributed by atoms with Crippen molar-refractivity contribution in [3.8, 4) is 5.82 Å². The highest BCUT2D eigenvalue weighted by Crippen LogP contribution is 2.15. The summed E-state index contributed by atoms with van der Waals surface area (Å²) in [6.45, 7) is 2.78. The predicted molar refractivity (Wildman–Crippen MR) is 97.9 cm³/mol.